The summed E-state index contributed by atoms with van der Waals surface area (Å²) in [7, 11) is 0. The highest BCUT2D eigenvalue weighted by Gasteiger charge is 2.33. The molecule has 0 spiro atoms. The van der Waals surface area contributed by atoms with Gasteiger partial charge in [0.15, 0.2) is 0 Å². The van der Waals surface area contributed by atoms with Gasteiger partial charge in [0.05, 0.1) is 22.5 Å². The average Bonchev–Trinajstić information content (AvgIpc) is 3.10. The smallest absolute Gasteiger partial charge is 0.267 e. The van der Waals surface area contributed by atoms with E-state index in [1.807, 2.05) is 17.5 Å². The minimum atomic E-state index is -4.47. The second-order valence-corrected chi connectivity index (χ2v) is 5.90. The Morgan fingerprint density at radius 2 is 2.00 bits per heavy atom. The van der Waals surface area contributed by atoms with Crippen LogP contribution in [0.25, 0.3) is 6.08 Å². The lowest BCUT2D eigenvalue weighted by atomic mass is 10.1. The van der Waals surface area contributed by atoms with Crippen LogP contribution in [0.1, 0.15) is 17.4 Å². The number of amides is 1. The van der Waals surface area contributed by atoms with Crippen molar-refractivity contribution >= 4 is 34.7 Å². The first-order chi connectivity index (χ1) is 10.9. The second-order valence-electron chi connectivity index (χ2n) is 4.92. The molecule has 1 aliphatic rings. The van der Waals surface area contributed by atoms with Crippen LogP contribution < -0.4 is 5.01 Å². The first-order valence-electron chi connectivity index (χ1n) is 6.69. The highest BCUT2D eigenvalue weighted by atomic mass is 32.1. The van der Waals surface area contributed by atoms with Crippen LogP contribution in [-0.4, -0.2) is 11.6 Å². The van der Waals surface area contributed by atoms with Gasteiger partial charge in [-0.25, -0.2) is 0 Å². The van der Waals surface area contributed by atoms with Crippen molar-refractivity contribution in [3.05, 3.63) is 57.8 Å². The third-order valence-corrected chi connectivity index (χ3v) is 4.13. The van der Waals surface area contributed by atoms with E-state index in [1.54, 1.807) is 13.0 Å². The monoisotopic (exact) mass is 336 g/mol. The molecule has 0 aliphatic carbocycles. The van der Waals surface area contributed by atoms with Crippen LogP contribution >= 0.6 is 11.3 Å². The molecule has 3 rings (SSSR count). The molecule has 118 valence electrons. The summed E-state index contributed by atoms with van der Waals surface area (Å²) in [4.78, 5) is 13.4. The minimum Gasteiger partial charge on any atom is -0.267 e. The summed E-state index contributed by atoms with van der Waals surface area (Å²) in [6, 6.07) is 8.28. The molecule has 2 aromatic rings. The zero-order chi connectivity index (χ0) is 16.6. The van der Waals surface area contributed by atoms with E-state index in [0.29, 0.717) is 11.3 Å². The molecule has 1 aromatic carbocycles. The Morgan fingerprint density at radius 1 is 1.22 bits per heavy atom. The van der Waals surface area contributed by atoms with Gasteiger partial charge in [-0.15, -0.1) is 11.3 Å². The lowest BCUT2D eigenvalue weighted by Gasteiger charge is -2.14. The average molecular weight is 336 g/mol. The summed E-state index contributed by atoms with van der Waals surface area (Å²) < 4.78 is 38.4. The molecule has 0 atom stereocenters. The van der Waals surface area contributed by atoms with Gasteiger partial charge in [0, 0.05) is 4.88 Å². The number of rotatable bonds is 2. The molecule has 7 heteroatoms. The number of carbonyl (C=O) groups is 1. The zero-order valence-corrected chi connectivity index (χ0v) is 12.8. The maximum absolute atomic E-state index is 12.8. The number of hydrogen-bond acceptors (Lipinski definition) is 3. The molecular weight excluding hydrogens is 325 g/mol. The van der Waals surface area contributed by atoms with Gasteiger partial charge in [-0.05, 0) is 42.6 Å². The van der Waals surface area contributed by atoms with Crippen molar-refractivity contribution in [2.75, 3.05) is 5.01 Å². The predicted molar refractivity (Wildman–Crippen MR) is 84.3 cm³/mol. The van der Waals surface area contributed by atoms with E-state index in [2.05, 4.69) is 5.10 Å². The van der Waals surface area contributed by atoms with E-state index >= 15 is 0 Å². The van der Waals surface area contributed by atoms with E-state index in [0.717, 1.165) is 22.0 Å². The summed E-state index contributed by atoms with van der Waals surface area (Å²) in [5.41, 5.74) is 0.135. The summed E-state index contributed by atoms with van der Waals surface area (Å²) in [6.45, 7) is 1.66. The van der Waals surface area contributed by atoms with Gasteiger partial charge in [0.1, 0.15) is 0 Å². The van der Waals surface area contributed by atoms with Crippen LogP contribution in [0.2, 0.25) is 0 Å². The van der Waals surface area contributed by atoms with Crippen molar-refractivity contribution in [3.8, 4) is 0 Å². The fourth-order valence-corrected chi connectivity index (χ4v) is 2.85. The topological polar surface area (TPSA) is 32.7 Å². The van der Waals surface area contributed by atoms with Crippen LogP contribution in [0, 0.1) is 0 Å². The maximum Gasteiger partial charge on any atom is 0.416 e. The van der Waals surface area contributed by atoms with E-state index in [9.17, 15) is 18.0 Å². The number of thiophene rings is 1. The van der Waals surface area contributed by atoms with Crippen molar-refractivity contribution < 1.29 is 18.0 Å². The van der Waals surface area contributed by atoms with E-state index in [-0.39, 0.29) is 5.69 Å². The van der Waals surface area contributed by atoms with Crippen molar-refractivity contribution in [1.82, 2.24) is 0 Å². The Hall–Kier alpha value is -2.41. The molecule has 1 aliphatic heterocycles. The Morgan fingerprint density at radius 3 is 2.65 bits per heavy atom. The fourth-order valence-electron chi connectivity index (χ4n) is 2.19. The van der Waals surface area contributed by atoms with E-state index in [4.69, 9.17) is 0 Å². The van der Waals surface area contributed by atoms with Crippen LogP contribution in [0.4, 0.5) is 18.9 Å². The Labute approximate surface area is 134 Å². The minimum absolute atomic E-state index is 0.0961. The van der Waals surface area contributed by atoms with Crippen LogP contribution in [0.15, 0.2) is 52.5 Å². The molecule has 0 fully saturated rings. The number of carbonyl (C=O) groups excluding carboxylic acids is 1. The van der Waals surface area contributed by atoms with Crippen molar-refractivity contribution in [3.63, 3.8) is 0 Å². The van der Waals surface area contributed by atoms with Gasteiger partial charge in [-0.1, -0.05) is 12.1 Å². The number of anilines is 1. The zero-order valence-electron chi connectivity index (χ0n) is 12.0. The summed E-state index contributed by atoms with van der Waals surface area (Å²) in [6.07, 6.45) is -2.77. The van der Waals surface area contributed by atoms with Gasteiger partial charge in [0.25, 0.3) is 5.91 Å². The SMILES string of the molecule is CC1=NN(c2cccc(C(F)(F)F)c2)C(=O)C1=Cc1cccs1. The predicted octanol–water partition coefficient (Wildman–Crippen LogP) is 4.57. The summed E-state index contributed by atoms with van der Waals surface area (Å²) in [5.74, 6) is -0.435. The number of nitrogens with zero attached hydrogens (tertiary/aromatic N) is 2. The quantitative estimate of drug-likeness (QED) is 0.739. The van der Waals surface area contributed by atoms with Crippen LogP contribution in [0.5, 0.6) is 0 Å². The van der Waals surface area contributed by atoms with Crippen LogP contribution in [0.3, 0.4) is 0 Å². The Kier molecular flexibility index (Phi) is 3.81. The third-order valence-electron chi connectivity index (χ3n) is 3.31. The van der Waals surface area contributed by atoms with Crippen LogP contribution in [-0.2, 0) is 11.0 Å². The number of benzene rings is 1. The molecule has 3 nitrogen and oxygen atoms in total. The Bertz CT molecular complexity index is 807. The normalized spacial score (nSPS) is 17.0. The molecule has 0 N–H and O–H groups in total. The standard InChI is InChI=1S/C16H11F3N2OS/c1-10-14(9-13-6-3-7-23-13)15(22)21(20-10)12-5-2-4-11(8-12)16(17,18)19/h2-9H,1H3. The lowest BCUT2D eigenvalue weighted by Crippen LogP contribution is -2.21. The molecule has 0 saturated heterocycles. The molecule has 0 saturated carbocycles. The Balaban J connectivity index is 1.96. The summed E-state index contributed by atoms with van der Waals surface area (Å²) in [5, 5.41) is 6.98. The van der Waals surface area contributed by atoms with Crippen molar-refractivity contribution in [2.45, 2.75) is 13.1 Å². The molecule has 1 amide bonds. The number of hydrogen-bond donors (Lipinski definition) is 0. The van der Waals surface area contributed by atoms with Gasteiger partial charge in [-0.2, -0.15) is 23.3 Å². The first-order valence-corrected chi connectivity index (χ1v) is 7.57. The maximum atomic E-state index is 12.8. The lowest BCUT2D eigenvalue weighted by molar-refractivity contribution is -0.137. The molecule has 0 bridgehead atoms. The van der Waals surface area contributed by atoms with E-state index < -0.39 is 17.6 Å². The highest BCUT2D eigenvalue weighted by Crippen LogP contribution is 2.33. The van der Waals surface area contributed by atoms with Gasteiger partial charge in [0.2, 0.25) is 0 Å². The molecule has 23 heavy (non-hydrogen) atoms. The number of hydrazone groups is 1. The molecular formula is C16H11F3N2OS. The molecule has 0 radical (unpaired) electrons. The van der Waals surface area contributed by atoms with Crippen molar-refractivity contribution in [1.29, 1.82) is 0 Å². The fraction of sp³-hybridized carbons (Fsp3) is 0.125. The number of halogens is 3. The number of alkyl halides is 3. The van der Waals surface area contributed by atoms with Gasteiger partial charge >= 0.3 is 6.18 Å². The van der Waals surface area contributed by atoms with Crippen molar-refractivity contribution in [2.24, 2.45) is 5.10 Å². The van der Waals surface area contributed by atoms with Gasteiger partial charge < -0.3 is 0 Å². The third kappa shape index (κ3) is 3.05. The highest BCUT2D eigenvalue weighted by molar-refractivity contribution is 7.10. The summed E-state index contributed by atoms with van der Waals surface area (Å²) >= 11 is 1.47. The largest absolute Gasteiger partial charge is 0.416 e. The first kappa shape index (κ1) is 15.5. The van der Waals surface area contributed by atoms with E-state index in [1.165, 1.54) is 23.5 Å². The molecule has 0 unspecified atom stereocenters. The second kappa shape index (κ2) is 5.66. The molecule has 1 aromatic heterocycles. The van der Waals surface area contributed by atoms with Gasteiger partial charge in [-0.3, -0.25) is 4.79 Å². The molecule has 2 heterocycles.